The molecule has 0 atom stereocenters. The number of carbonyl (C=O) groups is 1. The van der Waals surface area contributed by atoms with E-state index in [0.29, 0.717) is 0 Å². The minimum atomic E-state index is -1.43. The quantitative estimate of drug-likeness (QED) is 0.674. The Morgan fingerprint density at radius 2 is 2.05 bits per heavy atom. The molecule has 0 unspecified atom stereocenters. The molecule has 2 rings (SSSR count). The van der Waals surface area contributed by atoms with Gasteiger partial charge >= 0.3 is 5.97 Å². The van der Waals surface area contributed by atoms with E-state index in [-0.39, 0.29) is 17.2 Å². The van der Waals surface area contributed by atoms with Crippen molar-refractivity contribution in [1.82, 2.24) is 4.98 Å². The van der Waals surface area contributed by atoms with E-state index in [2.05, 4.69) is 4.98 Å². The van der Waals surface area contributed by atoms with Crippen molar-refractivity contribution >= 4 is 11.7 Å². The molecule has 0 amide bonds. The van der Waals surface area contributed by atoms with E-state index in [9.17, 15) is 14.9 Å². The maximum Gasteiger partial charge on any atom is 0.342 e. The van der Waals surface area contributed by atoms with Gasteiger partial charge < -0.3 is 9.84 Å². The first-order valence-corrected chi connectivity index (χ1v) is 5.57. The van der Waals surface area contributed by atoms with Crippen molar-refractivity contribution in [3.8, 4) is 17.6 Å². The number of aromatic nitrogens is 1. The number of ether oxygens (including phenoxy) is 1. The summed E-state index contributed by atoms with van der Waals surface area (Å²) in [6, 6.07) is 8.14. The number of nitriles is 1. The molecule has 8 nitrogen and oxygen atoms in total. The molecule has 1 aromatic carbocycles. The minimum Gasteiger partial charge on any atom is -0.477 e. The van der Waals surface area contributed by atoms with Crippen LogP contribution in [0.3, 0.4) is 0 Å². The van der Waals surface area contributed by atoms with E-state index in [1.54, 1.807) is 0 Å². The Kier molecular flexibility index (Phi) is 3.76. The van der Waals surface area contributed by atoms with Crippen molar-refractivity contribution in [2.75, 3.05) is 0 Å². The Bertz CT molecular complexity index is 749. The lowest BCUT2D eigenvalue weighted by molar-refractivity contribution is -0.385. The second-order valence-corrected chi connectivity index (χ2v) is 3.83. The smallest absolute Gasteiger partial charge is 0.342 e. The van der Waals surface area contributed by atoms with Gasteiger partial charge in [-0.25, -0.2) is 9.78 Å². The van der Waals surface area contributed by atoms with E-state index in [1.807, 2.05) is 6.07 Å². The van der Waals surface area contributed by atoms with Gasteiger partial charge in [0.25, 0.3) is 5.69 Å². The standard InChI is InChI=1S/C13H7N3O5/c14-6-8-1-2-10(7-15-8)21-9-3-4-12(16(19)20)11(5-9)13(17)18/h1-5,7H,(H,17,18). The summed E-state index contributed by atoms with van der Waals surface area (Å²) in [4.78, 5) is 24.7. The third-order valence-corrected chi connectivity index (χ3v) is 2.48. The Morgan fingerprint density at radius 3 is 2.57 bits per heavy atom. The summed E-state index contributed by atoms with van der Waals surface area (Å²) < 4.78 is 5.35. The van der Waals surface area contributed by atoms with Gasteiger partial charge in [0.2, 0.25) is 0 Å². The van der Waals surface area contributed by atoms with Crippen LogP contribution in [0.1, 0.15) is 16.1 Å². The molecule has 0 saturated carbocycles. The highest BCUT2D eigenvalue weighted by atomic mass is 16.6. The highest BCUT2D eigenvalue weighted by Crippen LogP contribution is 2.27. The average molecular weight is 285 g/mol. The summed E-state index contributed by atoms with van der Waals surface area (Å²) in [6.07, 6.45) is 1.29. The highest BCUT2D eigenvalue weighted by Gasteiger charge is 2.20. The van der Waals surface area contributed by atoms with Crippen LogP contribution in [0.15, 0.2) is 36.5 Å². The number of carboxylic acids is 1. The Morgan fingerprint density at radius 1 is 1.33 bits per heavy atom. The van der Waals surface area contributed by atoms with Gasteiger partial charge in [-0.15, -0.1) is 0 Å². The van der Waals surface area contributed by atoms with E-state index < -0.39 is 22.1 Å². The van der Waals surface area contributed by atoms with Gasteiger partial charge in [-0.05, 0) is 18.2 Å². The number of nitro groups is 1. The number of rotatable bonds is 4. The molecular formula is C13H7N3O5. The Balaban J connectivity index is 2.32. The number of pyridine rings is 1. The second-order valence-electron chi connectivity index (χ2n) is 3.83. The van der Waals surface area contributed by atoms with Gasteiger partial charge in [0.1, 0.15) is 28.8 Å². The van der Waals surface area contributed by atoms with Crippen LogP contribution in [0.4, 0.5) is 5.69 Å². The monoisotopic (exact) mass is 285 g/mol. The zero-order chi connectivity index (χ0) is 15.4. The molecular weight excluding hydrogens is 278 g/mol. The van der Waals surface area contributed by atoms with Crippen molar-refractivity contribution in [2.45, 2.75) is 0 Å². The number of nitro benzene ring substituents is 1. The Hall–Kier alpha value is -3.47. The summed E-state index contributed by atoms with van der Waals surface area (Å²) in [5, 5.41) is 28.3. The van der Waals surface area contributed by atoms with Gasteiger partial charge in [0.05, 0.1) is 11.1 Å². The zero-order valence-electron chi connectivity index (χ0n) is 10.4. The summed E-state index contributed by atoms with van der Waals surface area (Å²) in [5.74, 6) is -1.03. The summed E-state index contributed by atoms with van der Waals surface area (Å²) in [6.45, 7) is 0. The topological polar surface area (TPSA) is 126 Å². The third-order valence-electron chi connectivity index (χ3n) is 2.48. The number of benzene rings is 1. The van der Waals surface area contributed by atoms with Crippen LogP contribution < -0.4 is 4.74 Å². The van der Waals surface area contributed by atoms with Crippen LogP contribution in [-0.4, -0.2) is 21.0 Å². The largest absolute Gasteiger partial charge is 0.477 e. The van der Waals surface area contributed by atoms with E-state index >= 15 is 0 Å². The lowest BCUT2D eigenvalue weighted by Crippen LogP contribution is -2.02. The molecule has 0 aliphatic carbocycles. The molecule has 0 radical (unpaired) electrons. The molecule has 1 N–H and O–H groups in total. The van der Waals surface area contributed by atoms with Gasteiger partial charge in [-0.3, -0.25) is 10.1 Å². The molecule has 0 aliphatic heterocycles. The summed E-state index contributed by atoms with van der Waals surface area (Å²) >= 11 is 0. The number of hydrogen-bond donors (Lipinski definition) is 1. The third kappa shape index (κ3) is 3.10. The molecule has 0 bridgehead atoms. The van der Waals surface area contributed by atoms with Crippen molar-refractivity contribution in [2.24, 2.45) is 0 Å². The maximum absolute atomic E-state index is 11.0. The lowest BCUT2D eigenvalue weighted by Gasteiger charge is -2.06. The first-order valence-electron chi connectivity index (χ1n) is 5.57. The van der Waals surface area contributed by atoms with Crippen molar-refractivity contribution < 1.29 is 19.6 Å². The fraction of sp³-hybridized carbons (Fsp3) is 0. The van der Waals surface area contributed by atoms with Gasteiger partial charge in [0.15, 0.2) is 0 Å². The van der Waals surface area contributed by atoms with E-state index in [0.717, 1.165) is 12.1 Å². The Labute approximate surface area is 118 Å². The number of carboxylic acid groups (broad SMARTS) is 1. The molecule has 104 valence electrons. The summed E-state index contributed by atoms with van der Waals surface area (Å²) in [7, 11) is 0. The normalized spacial score (nSPS) is 9.67. The predicted molar refractivity (Wildman–Crippen MR) is 69.1 cm³/mol. The van der Waals surface area contributed by atoms with Gasteiger partial charge in [-0.2, -0.15) is 5.26 Å². The average Bonchev–Trinajstić information content (AvgIpc) is 2.47. The van der Waals surface area contributed by atoms with Crippen LogP contribution in [0.5, 0.6) is 11.5 Å². The van der Waals surface area contributed by atoms with E-state index in [1.165, 1.54) is 24.4 Å². The maximum atomic E-state index is 11.0. The zero-order valence-corrected chi connectivity index (χ0v) is 10.4. The van der Waals surface area contributed by atoms with Gasteiger partial charge in [0, 0.05) is 12.1 Å². The van der Waals surface area contributed by atoms with Crippen molar-refractivity contribution in [3.05, 3.63) is 57.9 Å². The highest BCUT2D eigenvalue weighted by molar-refractivity contribution is 5.92. The predicted octanol–water partition coefficient (Wildman–Crippen LogP) is 2.35. The molecule has 0 saturated heterocycles. The number of nitrogens with zero attached hydrogens (tertiary/aromatic N) is 3. The first kappa shape index (κ1) is 14.0. The SMILES string of the molecule is N#Cc1ccc(Oc2ccc([N+](=O)[O-])c(C(=O)O)c2)cn1. The molecule has 0 fully saturated rings. The summed E-state index contributed by atoms with van der Waals surface area (Å²) in [5.41, 5.74) is -0.788. The molecule has 2 aromatic rings. The first-order chi connectivity index (χ1) is 10.0. The molecule has 0 spiro atoms. The fourth-order valence-electron chi connectivity index (χ4n) is 1.55. The fourth-order valence-corrected chi connectivity index (χ4v) is 1.55. The second kappa shape index (κ2) is 5.66. The molecule has 1 aromatic heterocycles. The van der Waals surface area contributed by atoms with Crippen molar-refractivity contribution in [3.63, 3.8) is 0 Å². The molecule has 1 heterocycles. The minimum absolute atomic E-state index is 0.115. The number of aromatic carboxylic acids is 1. The molecule has 8 heteroatoms. The molecule has 21 heavy (non-hydrogen) atoms. The molecule has 0 aliphatic rings. The van der Waals surface area contributed by atoms with Crippen molar-refractivity contribution in [1.29, 1.82) is 5.26 Å². The van der Waals surface area contributed by atoms with Crippen LogP contribution in [-0.2, 0) is 0 Å². The van der Waals surface area contributed by atoms with Crippen LogP contribution in [0.2, 0.25) is 0 Å². The number of hydrogen-bond acceptors (Lipinski definition) is 6. The van der Waals surface area contributed by atoms with Gasteiger partial charge in [-0.1, -0.05) is 0 Å². The van der Waals surface area contributed by atoms with E-state index in [4.69, 9.17) is 15.1 Å². The van der Waals surface area contributed by atoms with Crippen LogP contribution in [0.25, 0.3) is 0 Å². The van der Waals surface area contributed by atoms with Crippen LogP contribution >= 0.6 is 0 Å². The lowest BCUT2D eigenvalue weighted by atomic mass is 10.1. The van der Waals surface area contributed by atoms with Crippen LogP contribution in [0, 0.1) is 21.4 Å².